The molecule has 0 saturated carbocycles. The second kappa shape index (κ2) is 2.15. The van der Waals surface area contributed by atoms with Crippen molar-refractivity contribution in [1.82, 2.24) is 5.06 Å². The lowest BCUT2D eigenvalue weighted by molar-refractivity contribution is -0.151. The maximum absolute atomic E-state index is 9.34. The highest BCUT2D eigenvalue weighted by Gasteiger charge is 2.36. The van der Waals surface area contributed by atoms with Crippen LogP contribution in [0.4, 0.5) is 0 Å². The third-order valence-corrected chi connectivity index (χ3v) is 3.20. The largest absolute Gasteiger partial charge is 0.312 e. The molecular weight excluding hydrogens is 134 g/mol. The zero-order chi connectivity index (χ0) is 7.07. The van der Waals surface area contributed by atoms with Crippen LogP contribution >= 0.6 is 11.8 Å². The van der Waals surface area contributed by atoms with Crippen molar-refractivity contribution in [1.29, 1.82) is 0 Å². The van der Waals surface area contributed by atoms with Gasteiger partial charge in [-0.25, -0.2) is 0 Å². The van der Waals surface area contributed by atoms with Crippen molar-refractivity contribution in [2.75, 3.05) is 5.75 Å². The highest BCUT2D eigenvalue weighted by atomic mass is 32.2. The molecule has 2 nitrogen and oxygen atoms in total. The minimum absolute atomic E-state index is 0.0237. The van der Waals surface area contributed by atoms with Crippen LogP contribution in [0.25, 0.3) is 0 Å². The smallest absolute Gasteiger partial charge is 0.0781 e. The predicted octanol–water partition coefficient (Wildman–Crippen LogP) is 1.55. The molecule has 0 aromatic carbocycles. The van der Waals surface area contributed by atoms with Gasteiger partial charge in [-0.1, -0.05) is 0 Å². The molecule has 1 unspecified atom stereocenters. The lowest BCUT2D eigenvalue weighted by atomic mass is 10.1. The molecule has 3 heteroatoms. The summed E-state index contributed by atoms with van der Waals surface area (Å²) in [7, 11) is 0. The molecule has 0 amide bonds. The van der Waals surface area contributed by atoms with Gasteiger partial charge in [-0.05, 0) is 20.8 Å². The molecule has 1 N–H and O–H groups in total. The third-order valence-electron chi connectivity index (χ3n) is 1.64. The van der Waals surface area contributed by atoms with E-state index in [1.165, 1.54) is 5.06 Å². The van der Waals surface area contributed by atoms with Crippen molar-refractivity contribution in [2.45, 2.75) is 31.7 Å². The van der Waals surface area contributed by atoms with E-state index < -0.39 is 0 Å². The van der Waals surface area contributed by atoms with Gasteiger partial charge in [0, 0.05) is 5.75 Å². The predicted molar refractivity (Wildman–Crippen MR) is 39.6 cm³/mol. The molecule has 0 spiro atoms. The van der Waals surface area contributed by atoms with Gasteiger partial charge in [0.15, 0.2) is 0 Å². The van der Waals surface area contributed by atoms with Crippen molar-refractivity contribution in [3.63, 3.8) is 0 Å². The molecule has 1 atom stereocenters. The van der Waals surface area contributed by atoms with Gasteiger partial charge in [0.1, 0.15) is 0 Å². The van der Waals surface area contributed by atoms with Crippen molar-refractivity contribution in [3.8, 4) is 0 Å². The summed E-state index contributed by atoms with van der Waals surface area (Å²) in [5, 5.41) is 11.0. The van der Waals surface area contributed by atoms with Gasteiger partial charge >= 0.3 is 0 Å². The summed E-state index contributed by atoms with van der Waals surface area (Å²) in [5.41, 5.74) is -0.0237. The Morgan fingerprint density at radius 3 is 2.33 bits per heavy atom. The first-order valence-corrected chi connectivity index (χ1v) is 4.19. The van der Waals surface area contributed by atoms with Gasteiger partial charge in [0.2, 0.25) is 0 Å². The van der Waals surface area contributed by atoms with Crippen molar-refractivity contribution in [3.05, 3.63) is 0 Å². The summed E-state index contributed by atoms with van der Waals surface area (Å²) in [5.74, 6) is 1.02. The molecule has 1 aliphatic heterocycles. The van der Waals surface area contributed by atoms with Crippen LogP contribution in [-0.4, -0.2) is 26.9 Å². The van der Waals surface area contributed by atoms with Crippen LogP contribution < -0.4 is 0 Å². The van der Waals surface area contributed by atoms with E-state index in [2.05, 4.69) is 0 Å². The average Bonchev–Trinajstić information content (AvgIpc) is 1.97. The molecule has 9 heavy (non-hydrogen) atoms. The van der Waals surface area contributed by atoms with Gasteiger partial charge in [-0.15, -0.1) is 11.8 Å². The van der Waals surface area contributed by atoms with Crippen LogP contribution in [0.1, 0.15) is 20.8 Å². The molecular formula is C6H13NOS. The van der Waals surface area contributed by atoms with Crippen molar-refractivity contribution >= 4 is 11.8 Å². The van der Waals surface area contributed by atoms with E-state index in [-0.39, 0.29) is 10.9 Å². The Morgan fingerprint density at radius 2 is 2.22 bits per heavy atom. The summed E-state index contributed by atoms with van der Waals surface area (Å²) in [4.78, 5) is 0. The Kier molecular flexibility index (Phi) is 1.76. The summed E-state index contributed by atoms with van der Waals surface area (Å²) in [6.45, 7) is 6.10. The monoisotopic (exact) mass is 147 g/mol. The van der Waals surface area contributed by atoms with Crippen LogP contribution in [0.15, 0.2) is 0 Å². The highest BCUT2D eigenvalue weighted by molar-refractivity contribution is 8.00. The zero-order valence-electron chi connectivity index (χ0n) is 6.09. The maximum Gasteiger partial charge on any atom is 0.0781 e. The average molecular weight is 147 g/mol. The van der Waals surface area contributed by atoms with Gasteiger partial charge in [0.05, 0.1) is 10.9 Å². The van der Waals surface area contributed by atoms with Gasteiger partial charge in [-0.2, -0.15) is 5.06 Å². The number of thioether (sulfide) groups is 1. The summed E-state index contributed by atoms with van der Waals surface area (Å²) < 4.78 is 0. The topological polar surface area (TPSA) is 23.5 Å². The second-order valence-corrected chi connectivity index (χ2v) is 4.37. The lowest BCUT2D eigenvalue weighted by Crippen LogP contribution is -2.40. The van der Waals surface area contributed by atoms with E-state index in [1.54, 1.807) is 11.8 Å². The first kappa shape index (κ1) is 7.38. The lowest BCUT2D eigenvalue weighted by Gasteiger charge is -2.26. The molecule has 1 rings (SSSR count). The fraction of sp³-hybridized carbons (Fsp3) is 1.00. The molecule has 1 aliphatic rings. The SMILES string of the molecule is CC1SCC(C)(C)N1O. The van der Waals surface area contributed by atoms with Gasteiger partial charge in [-0.3, -0.25) is 0 Å². The van der Waals surface area contributed by atoms with Gasteiger partial charge < -0.3 is 5.21 Å². The Labute approximate surface area is 60.2 Å². The maximum atomic E-state index is 9.34. The molecule has 0 aliphatic carbocycles. The molecule has 1 heterocycles. The fourth-order valence-corrected chi connectivity index (χ4v) is 2.16. The quantitative estimate of drug-likeness (QED) is 0.562. The van der Waals surface area contributed by atoms with Crippen LogP contribution in [0.3, 0.4) is 0 Å². The summed E-state index contributed by atoms with van der Waals surface area (Å²) in [6, 6.07) is 0. The number of hydroxylamine groups is 2. The summed E-state index contributed by atoms with van der Waals surface area (Å²) >= 11 is 1.79. The van der Waals surface area contributed by atoms with E-state index in [0.29, 0.717) is 0 Å². The number of rotatable bonds is 0. The Bertz CT molecular complexity index is 116. The Balaban J connectivity index is 2.62. The fourth-order valence-electron chi connectivity index (χ4n) is 0.953. The van der Waals surface area contributed by atoms with Crippen LogP contribution in [0.2, 0.25) is 0 Å². The first-order valence-electron chi connectivity index (χ1n) is 3.14. The van der Waals surface area contributed by atoms with Gasteiger partial charge in [0.25, 0.3) is 0 Å². The Morgan fingerprint density at radius 1 is 1.67 bits per heavy atom. The van der Waals surface area contributed by atoms with Crippen molar-refractivity contribution < 1.29 is 5.21 Å². The number of hydrogen-bond acceptors (Lipinski definition) is 3. The molecule has 0 aromatic heterocycles. The van der Waals surface area contributed by atoms with Crippen LogP contribution in [-0.2, 0) is 0 Å². The normalized spacial score (nSPS) is 35.3. The summed E-state index contributed by atoms with van der Waals surface area (Å²) in [6.07, 6.45) is 0. The number of hydrogen-bond donors (Lipinski definition) is 1. The minimum Gasteiger partial charge on any atom is -0.312 e. The molecule has 0 radical (unpaired) electrons. The second-order valence-electron chi connectivity index (χ2n) is 3.07. The first-order chi connectivity index (χ1) is 4.04. The highest BCUT2D eigenvalue weighted by Crippen LogP contribution is 2.33. The number of nitrogens with zero attached hydrogens (tertiary/aromatic N) is 1. The molecule has 1 saturated heterocycles. The van der Waals surface area contributed by atoms with E-state index >= 15 is 0 Å². The van der Waals surface area contributed by atoms with Crippen LogP contribution in [0.5, 0.6) is 0 Å². The molecule has 0 bridgehead atoms. The molecule has 1 fully saturated rings. The van der Waals surface area contributed by atoms with E-state index in [1.807, 2.05) is 20.8 Å². The zero-order valence-corrected chi connectivity index (χ0v) is 6.90. The van der Waals surface area contributed by atoms with Crippen molar-refractivity contribution in [2.24, 2.45) is 0 Å². The standard InChI is InChI=1S/C6H13NOS/c1-5-7(8)6(2,3)4-9-5/h5,8H,4H2,1-3H3. The van der Waals surface area contributed by atoms with E-state index in [0.717, 1.165) is 5.75 Å². The Hall–Kier alpha value is 0.270. The van der Waals surface area contributed by atoms with E-state index in [9.17, 15) is 5.21 Å². The van der Waals surface area contributed by atoms with Crippen LogP contribution in [0, 0.1) is 0 Å². The third kappa shape index (κ3) is 1.23. The molecule has 54 valence electrons. The van der Waals surface area contributed by atoms with E-state index in [4.69, 9.17) is 0 Å². The molecule has 0 aromatic rings. The minimum atomic E-state index is -0.0237.